The van der Waals surface area contributed by atoms with Gasteiger partial charge in [0.15, 0.2) is 23.0 Å². The van der Waals surface area contributed by atoms with E-state index in [9.17, 15) is 20.4 Å². The van der Waals surface area contributed by atoms with Gasteiger partial charge < -0.3 is 47.7 Å². The first kappa shape index (κ1) is 58.6. The first-order valence-electron chi connectivity index (χ1n) is 30.0. The standard InChI is InChI=1S/C39H43N3O6.C30H35N3O5/c1-7-15-45-37-24(4)38-39(48-21-47-38)34-27(37)18-29-35-33-23(3)36(44-6)22(2)16-26(33)17-28(41(35)5)30(19-40)42(29)31(34)20-46-32(43)14-13-25-11-9-8-10-12-25;1-7-8-36-28-17(4)29-30(38-14-37-29)25-19(28)11-21-26-24-16(3)27(35-6)15(2)9-18(24)10-20(32(26)5)22(12-31)33(21)23(25)13-34/h7-12,16,28-31,35H,1,13-15,17-18,20-21H2,2-6H3;7,9,20-23,26,34H,1,8,10-11,13-14H2,2-6H3/t28-,29?,30-,31-,35-;20-,21?,22-,23-,26-/m00/s1. The van der Waals surface area contributed by atoms with Crippen LogP contribution < -0.4 is 37.9 Å². The van der Waals surface area contributed by atoms with E-state index in [4.69, 9.17) is 42.6 Å². The molecule has 5 aromatic rings. The fraction of sp³-hybridized carbons (Fsp3) is 0.464. The number of ether oxygens (including phenoxy) is 9. The molecular formula is C69H78N6O11. The predicted octanol–water partition coefficient (Wildman–Crippen LogP) is 9.54. The number of piperazine rings is 2. The molecule has 10 atom stereocenters. The van der Waals surface area contributed by atoms with Gasteiger partial charge in [0.1, 0.15) is 54.9 Å². The maximum Gasteiger partial charge on any atom is 0.306 e. The van der Waals surface area contributed by atoms with E-state index in [0.29, 0.717) is 55.5 Å². The number of hydrogen-bond donors (Lipinski definition) is 1. The van der Waals surface area contributed by atoms with Gasteiger partial charge in [-0.15, -0.1) is 0 Å². The molecule has 8 heterocycles. The van der Waals surface area contributed by atoms with Crippen LogP contribution in [0.2, 0.25) is 0 Å². The Balaban J connectivity index is 0.000000173. The summed E-state index contributed by atoms with van der Waals surface area (Å²) in [5, 5.41) is 32.4. The molecule has 2 unspecified atom stereocenters. The third-order valence-electron chi connectivity index (χ3n) is 19.8. The van der Waals surface area contributed by atoms with Crippen molar-refractivity contribution >= 4 is 5.97 Å². The average molecular weight is 1170 g/mol. The molecule has 2 saturated heterocycles. The van der Waals surface area contributed by atoms with E-state index in [-0.39, 0.29) is 75.4 Å². The van der Waals surface area contributed by atoms with Crippen molar-refractivity contribution in [2.45, 2.75) is 140 Å². The van der Waals surface area contributed by atoms with Crippen molar-refractivity contribution in [1.82, 2.24) is 19.6 Å². The van der Waals surface area contributed by atoms with Crippen molar-refractivity contribution in [1.29, 1.82) is 10.5 Å². The number of benzene rings is 5. The van der Waals surface area contributed by atoms with E-state index in [1.807, 2.05) is 44.2 Å². The van der Waals surface area contributed by atoms with Crippen LogP contribution in [0.25, 0.3) is 0 Å². The van der Waals surface area contributed by atoms with E-state index in [0.717, 1.165) is 97.0 Å². The molecule has 0 saturated carbocycles. The van der Waals surface area contributed by atoms with E-state index in [2.05, 4.69) is 98.8 Å². The monoisotopic (exact) mass is 1170 g/mol. The molecule has 86 heavy (non-hydrogen) atoms. The topological polar surface area (TPSA) is 181 Å². The van der Waals surface area contributed by atoms with Crippen molar-refractivity contribution in [3.05, 3.63) is 151 Å². The molecular weight excluding hydrogens is 1090 g/mol. The molecule has 0 radical (unpaired) electrons. The van der Waals surface area contributed by atoms with Gasteiger partial charge >= 0.3 is 5.97 Å². The highest BCUT2D eigenvalue weighted by Gasteiger charge is 2.59. The average Bonchev–Trinajstić information content (AvgIpc) is 1.57. The minimum Gasteiger partial charge on any atom is -0.496 e. The lowest BCUT2D eigenvalue weighted by Gasteiger charge is -2.60. The summed E-state index contributed by atoms with van der Waals surface area (Å²) in [5.41, 5.74) is 16.1. The Morgan fingerprint density at radius 1 is 0.628 bits per heavy atom. The molecule has 17 heteroatoms. The predicted molar refractivity (Wildman–Crippen MR) is 323 cm³/mol. The fourth-order valence-electron chi connectivity index (χ4n) is 16.5. The highest BCUT2D eigenvalue weighted by Crippen LogP contribution is 2.60. The SMILES string of the molecule is C=CCOc1c(C)c2c(c3c1CC1[C@H]4c5c(cc(C)c(OC)c5C)C[C@@H]([C@H](C#N)N1[C@H]3CO)N4C)OCO2.C=CCOc1c(C)c2c(c3c1CC1[C@H]4c5c(cc(C)c(OC)c5C)C[C@@H]([C@H](C#N)N1[C@H]3COC(=O)CCc1ccccc1)N4C)OCO2. The zero-order valence-corrected chi connectivity index (χ0v) is 51.1. The van der Waals surface area contributed by atoms with Crippen LogP contribution in [-0.4, -0.2) is 135 Å². The summed E-state index contributed by atoms with van der Waals surface area (Å²) in [4.78, 5) is 22.6. The summed E-state index contributed by atoms with van der Waals surface area (Å²) in [6.07, 6.45) is 7.05. The number of aliphatic hydroxyl groups excluding tert-OH is 1. The summed E-state index contributed by atoms with van der Waals surface area (Å²) in [6.45, 7) is 21.0. The molecule has 17 nitrogen and oxygen atoms in total. The van der Waals surface area contributed by atoms with Crippen LogP contribution in [-0.2, 0) is 41.6 Å². The summed E-state index contributed by atoms with van der Waals surface area (Å²) in [6, 6.07) is 17.7. The third kappa shape index (κ3) is 9.23. The molecule has 450 valence electrons. The van der Waals surface area contributed by atoms with Gasteiger partial charge in [-0.1, -0.05) is 67.8 Å². The Labute approximate surface area is 504 Å². The molecule has 0 aromatic heterocycles. The second kappa shape index (κ2) is 23.5. The lowest BCUT2D eigenvalue weighted by atomic mass is 9.71. The van der Waals surface area contributed by atoms with E-state index < -0.39 is 24.2 Å². The number of methoxy groups -OCH3 is 2. The molecule has 13 rings (SSSR count). The fourth-order valence-corrected chi connectivity index (χ4v) is 16.5. The van der Waals surface area contributed by atoms with Gasteiger partial charge in [0.25, 0.3) is 0 Å². The number of carbonyl (C=O) groups excluding carboxylic acids is 1. The molecule has 1 N–H and O–H groups in total. The van der Waals surface area contributed by atoms with E-state index >= 15 is 0 Å². The summed E-state index contributed by atoms with van der Waals surface area (Å²) in [7, 11) is 7.72. The van der Waals surface area contributed by atoms with Gasteiger partial charge in [0, 0.05) is 64.0 Å². The lowest BCUT2D eigenvalue weighted by molar-refractivity contribution is -0.149. The zero-order valence-electron chi connectivity index (χ0n) is 51.1. The molecule has 4 bridgehead atoms. The molecule has 5 aromatic carbocycles. The maximum absolute atomic E-state index is 13.3. The van der Waals surface area contributed by atoms with Gasteiger partial charge in [-0.2, -0.15) is 10.5 Å². The molecule has 8 aliphatic heterocycles. The number of hydrogen-bond acceptors (Lipinski definition) is 17. The van der Waals surface area contributed by atoms with Crippen LogP contribution in [0, 0.1) is 64.2 Å². The van der Waals surface area contributed by atoms with Gasteiger partial charge in [-0.3, -0.25) is 24.4 Å². The number of fused-ring (bicyclic) bond motifs is 18. The maximum atomic E-state index is 13.3. The Kier molecular flexibility index (Phi) is 16.0. The number of likely N-dealkylation sites (N-methyl/N-ethyl adjacent to an activating group) is 2. The van der Waals surface area contributed by atoms with Crippen molar-refractivity contribution in [2.75, 3.05) is 68.3 Å². The largest absolute Gasteiger partial charge is 0.496 e. The van der Waals surface area contributed by atoms with Crippen LogP contribution in [0.4, 0.5) is 0 Å². The van der Waals surface area contributed by atoms with Gasteiger partial charge in [0.2, 0.25) is 13.6 Å². The number of esters is 1. The highest BCUT2D eigenvalue weighted by molar-refractivity contribution is 5.71. The number of nitriles is 2. The number of rotatable bonds is 14. The molecule has 8 aliphatic rings. The Bertz CT molecular complexity index is 3630. The van der Waals surface area contributed by atoms with Gasteiger partial charge in [-0.05, 0) is 138 Å². The van der Waals surface area contributed by atoms with Crippen LogP contribution in [0.5, 0.6) is 46.0 Å². The third-order valence-corrected chi connectivity index (χ3v) is 19.8. The number of nitrogens with zero attached hydrogens (tertiary/aromatic N) is 6. The Morgan fingerprint density at radius 2 is 1.08 bits per heavy atom. The molecule has 0 spiro atoms. The smallest absolute Gasteiger partial charge is 0.306 e. The number of carbonyl (C=O) groups is 1. The van der Waals surface area contributed by atoms with Crippen LogP contribution in [0.1, 0.15) is 114 Å². The van der Waals surface area contributed by atoms with Crippen LogP contribution in [0.15, 0.2) is 67.8 Å². The molecule has 0 aliphatic carbocycles. The van der Waals surface area contributed by atoms with Gasteiger partial charge in [0.05, 0.1) is 57.1 Å². The first-order valence-corrected chi connectivity index (χ1v) is 30.0. The second-order valence-electron chi connectivity index (χ2n) is 24.1. The molecule has 2 fully saturated rings. The Hall–Kier alpha value is -7.77. The first-order chi connectivity index (χ1) is 41.7. The summed E-state index contributed by atoms with van der Waals surface area (Å²) >= 11 is 0. The van der Waals surface area contributed by atoms with Crippen LogP contribution in [0.3, 0.4) is 0 Å². The second-order valence-corrected chi connectivity index (χ2v) is 24.1. The summed E-state index contributed by atoms with van der Waals surface area (Å²) < 4.78 is 54.6. The van der Waals surface area contributed by atoms with Crippen LogP contribution >= 0.6 is 0 Å². The van der Waals surface area contributed by atoms with Crippen molar-refractivity contribution < 1.29 is 52.5 Å². The number of aryl methyl sites for hydroxylation is 3. The normalized spacial score (nSPS) is 25.2. The van der Waals surface area contributed by atoms with Crippen molar-refractivity contribution in [3.63, 3.8) is 0 Å². The van der Waals surface area contributed by atoms with Crippen molar-refractivity contribution in [2.24, 2.45) is 0 Å². The highest BCUT2D eigenvalue weighted by atomic mass is 16.7. The number of aliphatic hydroxyl groups is 1. The minimum atomic E-state index is -0.467. The zero-order chi connectivity index (χ0) is 60.6. The lowest BCUT2D eigenvalue weighted by Crippen LogP contribution is -2.68. The summed E-state index contributed by atoms with van der Waals surface area (Å²) in [5.74, 6) is 5.62. The van der Waals surface area contributed by atoms with Gasteiger partial charge in [-0.25, -0.2) is 0 Å². The quantitative estimate of drug-likeness (QED) is 0.0819. The molecule has 0 amide bonds. The minimum absolute atomic E-state index is 0.0105. The van der Waals surface area contributed by atoms with E-state index in [1.165, 1.54) is 22.3 Å². The van der Waals surface area contributed by atoms with E-state index in [1.54, 1.807) is 26.4 Å². The van der Waals surface area contributed by atoms with Crippen molar-refractivity contribution in [3.8, 4) is 58.1 Å². The Morgan fingerprint density at radius 3 is 1.52 bits per heavy atom.